The molecule has 82 valence electrons. The highest BCUT2D eigenvalue weighted by Gasteiger charge is 2.19. The predicted octanol–water partition coefficient (Wildman–Crippen LogP) is 2.54. The maximum atomic E-state index is 12.2. The lowest BCUT2D eigenvalue weighted by Crippen LogP contribution is -2.11. The first-order chi connectivity index (χ1) is 7.22. The lowest BCUT2D eigenvalue weighted by Gasteiger charge is -2.12. The van der Waals surface area contributed by atoms with E-state index >= 15 is 0 Å². The molecule has 0 aliphatic carbocycles. The first kappa shape index (κ1) is 10.7. The Hall–Kier alpha value is -0.810. The maximum absolute atomic E-state index is 12.2. The van der Waals surface area contributed by atoms with Crippen LogP contribution in [0, 0.1) is 0 Å². The molecule has 1 aliphatic rings. The summed E-state index contributed by atoms with van der Waals surface area (Å²) in [6.07, 6.45) is 0.304. The average Bonchev–Trinajstić information content (AvgIpc) is 2.63. The molecule has 0 fully saturated rings. The molecule has 15 heavy (non-hydrogen) atoms. The quantitative estimate of drug-likeness (QED) is 0.922. The van der Waals surface area contributed by atoms with Crippen molar-refractivity contribution in [3.63, 3.8) is 0 Å². The van der Waals surface area contributed by atoms with Crippen molar-refractivity contribution in [3.05, 3.63) is 22.2 Å². The fourth-order valence-electron chi connectivity index (χ4n) is 1.49. The predicted molar refractivity (Wildman–Crippen MR) is 57.8 cm³/mol. The van der Waals surface area contributed by atoms with Gasteiger partial charge in [0, 0.05) is 10.5 Å². The van der Waals surface area contributed by atoms with Crippen molar-refractivity contribution in [2.75, 3.05) is 13.5 Å². The third-order valence-electron chi connectivity index (χ3n) is 2.31. The van der Waals surface area contributed by atoms with Crippen molar-refractivity contribution >= 4 is 15.9 Å². The van der Waals surface area contributed by atoms with E-state index in [1.165, 1.54) is 0 Å². The minimum Gasteiger partial charge on any atom is -0.454 e. The lowest BCUT2D eigenvalue weighted by molar-refractivity contribution is 0.174. The topological polar surface area (TPSA) is 44.5 Å². The molecule has 1 aromatic rings. The number of nitrogens with two attached hydrogens (primary N) is 1. The van der Waals surface area contributed by atoms with E-state index < -0.39 is 6.67 Å². The van der Waals surface area contributed by atoms with Crippen molar-refractivity contribution in [1.29, 1.82) is 0 Å². The van der Waals surface area contributed by atoms with Gasteiger partial charge in [0.1, 0.15) is 0 Å². The van der Waals surface area contributed by atoms with E-state index in [4.69, 9.17) is 15.2 Å². The molecule has 5 heteroatoms. The molecule has 2 rings (SSSR count). The van der Waals surface area contributed by atoms with Gasteiger partial charge in [-0.15, -0.1) is 0 Å². The molecule has 0 amide bonds. The standard InChI is InChI=1S/C10H11BrFNO2/c11-7-4-10-9(14-5-15-10)3-6(7)8(13)1-2-12/h3-4,8H,1-2,5,13H2/t8-/m1/s1. The highest BCUT2D eigenvalue weighted by Crippen LogP contribution is 2.39. The average molecular weight is 276 g/mol. The summed E-state index contributed by atoms with van der Waals surface area (Å²) in [5, 5.41) is 0. The van der Waals surface area contributed by atoms with Gasteiger partial charge in [-0.2, -0.15) is 0 Å². The van der Waals surface area contributed by atoms with Gasteiger partial charge in [-0.1, -0.05) is 15.9 Å². The van der Waals surface area contributed by atoms with Crippen LogP contribution in [0.3, 0.4) is 0 Å². The molecule has 1 heterocycles. The smallest absolute Gasteiger partial charge is 0.231 e. The van der Waals surface area contributed by atoms with Crippen LogP contribution in [0.2, 0.25) is 0 Å². The van der Waals surface area contributed by atoms with Gasteiger partial charge in [0.15, 0.2) is 11.5 Å². The number of halogens is 2. The van der Waals surface area contributed by atoms with E-state index in [-0.39, 0.29) is 12.8 Å². The van der Waals surface area contributed by atoms with Crippen LogP contribution in [0.15, 0.2) is 16.6 Å². The normalized spacial score (nSPS) is 15.4. The number of hydrogen-bond donors (Lipinski definition) is 1. The Morgan fingerprint density at radius 2 is 2.07 bits per heavy atom. The van der Waals surface area contributed by atoms with Crippen molar-refractivity contribution < 1.29 is 13.9 Å². The van der Waals surface area contributed by atoms with Crippen LogP contribution in [0.5, 0.6) is 11.5 Å². The molecule has 0 unspecified atom stereocenters. The first-order valence-electron chi connectivity index (χ1n) is 4.63. The number of ether oxygens (including phenoxy) is 2. The molecular formula is C10H11BrFNO2. The molecule has 0 spiro atoms. The minimum atomic E-state index is -0.429. The van der Waals surface area contributed by atoms with Crippen LogP contribution in [-0.4, -0.2) is 13.5 Å². The van der Waals surface area contributed by atoms with Crippen molar-refractivity contribution in [2.24, 2.45) is 5.73 Å². The molecule has 0 aromatic heterocycles. The SMILES string of the molecule is N[C@H](CCF)c1cc2c(cc1Br)OCO2. The van der Waals surface area contributed by atoms with Crippen molar-refractivity contribution in [2.45, 2.75) is 12.5 Å². The van der Waals surface area contributed by atoms with E-state index in [9.17, 15) is 4.39 Å². The summed E-state index contributed by atoms with van der Waals surface area (Å²) in [4.78, 5) is 0. The summed E-state index contributed by atoms with van der Waals surface area (Å²) >= 11 is 3.38. The zero-order chi connectivity index (χ0) is 10.8. The van der Waals surface area contributed by atoms with Gasteiger partial charge in [0.25, 0.3) is 0 Å². The number of benzene rings is 1. The summed E-state index contributed by atoms with van der Waals surface area (Å²) in [5.41, 5.74) is 6.68. The van der Waals surface area contributed by atoms with Crippen LogP contribution >= 0.6 is 15.9 Å². The van der Waals surface area contributed by atoms with Gasteiger partial charge in [-0.05, 0) is 24.1 Å². The molecule has 1 atom stereocenters. The van der Waals surface area contributed by atoms with Crippen LogP contribution < -0.4 is 15.2 Å². The van der Waals surface area contributed by atoms with E-state index in [1.807, 2.05) is 0 Å². The Kier molecular flexibility index (Phi) is 3.11. The largest absolute Gasteiger partial charge is 0.454 e. The summed E-state index contributed by atoms with van der Waals surface area (Å²) in [6.45, 7) is -0.203. The summed E-state index contributed by atoms with van der Waals surface area (Å²) in [6, 6.07) is 3.28. The van der Waals surface area contributed by atoms with Gasteiger partial charge in [0.05, 0.1) is 6.67 Å². The van der Waals surface area contributed by atoms with Gasteiger partial charge >= 0.3 is 0 Å². The van der Waals surface area contributed by atoms with E-state index in [1.54, 1.807) is 12.1 Å². The van der Waals surface area contributed by atoms with Crippen molar-refractivity contribution in [1.82, 2.24) is 0 Å². The zero-order valence-electron chi connectivity index (χ0n) is 8.00. The van der Waals surface area contributed by atoms with Crippen LogP contribution in [0.1, 0.15) is 18.0 Å². The van der Waals surface area contributed by atoms with Crippen LogP contribution in [0.4, 0.5) is 4.39 Å². The second-order valence-corrected chi connectivity index (χ2v) is 4.17. The number of alkyl halides is 1. The van der Waals surface area contributed by atoms with Gasteiger partial charge in [-0.25, -0.2) is 0 Å². The van der Waals surface area contributed by atoms with Gasteiger partial charge < -0.3 is 15.2 Å². The van der Waals surface area contributed by atoms with Gasteiger partial charge in [-0.3, -0.25) is 4.39 Å². The Morgan fingerprint density at radius 1 is 1.40 bits per heavy atom. The molecule has 3 nitrogen and oxygen atoms in total. The third kappa shape index (κ3) is 2.08. The number of fused-ring (bicyclic) bond motifs is 1. The maximum Gasteiger partial charge on any atom is 0.231 e. The fraction of sp³-hybridized carbons (Fsp3) is 0.400. The number of rotatable bonds is 3. The molecule has 0 bridgehead atoms. The second-order valence-electron chi connectivity index (χ2n) is 3.31. The van der Waals surface area contributed by atoms with E-state index in [0.29, 0.717) is 17.9 Å². The Labute approximate surface area is 95.5 Å². The number of hydrogen-bond acceptors (Lipinski definition) is 3. The molecule has 0 saturated carbocycles. The molecule has 0 radical (unpaired) electrons. The van der Waals surface area contributed by atoms with E-state index in [0.717, 1.165) is 10.0 Å². The second kappa shape index (κ2) is 4.37. The Bertz CT molecular complexity index is 373. The highest BCUT2D eigenvalue weighted by molar-refractivity contribution is 9.10. The minimum absolute atomic E-state index is 0.226. The summed E-state index contributed by atoms with van der Waals surface area (Å²) in [5.74, 6) is 1.36. The Morgan fingerprint density at radius 3 is 2.73 bits per heavy atom. The van der Waals surface area contributed by atoms with Crippen molar-refractivity contribution in [3.8, 4) is 11.5 Å². The third-order valence-corrected chi connectivity index (χ3v) is 3.00. The fourth-order valence-corrected chi connectivity index (χ4v) is 2.11. The Balaban J connectivity index is 2.31. The molecule has 2 N–H and O–H groups in total. The first-order valence-corrected chi connectivity index (χ1v) is 5.42. The lowest BCUT2D eigenvalue weighted by atomic mass is 10.0. The van der Waals surface area contributed by atoms with Crippen LogP contribution in [0.25, 0.3) is 0 Å². The molecule has 1 aliphatic heterocycles. The molecule has 0 saturated heterocycles. The monoisotopic (exact) mass is 275 g/mol. The molecule has 1 aromatic carbocycles. The highest BCUT2D eigenvalue weighted by atomic mass is 79.9. The van der Waals surface area contributed by atoms with Gasteiger partial charge in [0.2, 0.25) is 6.79 Å². The van der Waals surface area contributed by atoms with Crippen LogP contribution in [-0.2, 0) is 0 Å². The zero-order valence-corrected chi connectivity index (χ0v) is 9.59. The summed E-state index contributed by atoms with van der Waals surface area (Å²) < 4.78 is 23.4. The molecular weight excluding hydrogens is 265 g/mol. The van der Waals surface area contributed by atoms with E-state index in [2.05, 4.69) is 15.9 Å². The summed E-state index contributed by atoms with van der Waals surface area (Å²) in [7, 11) is 0.